The van der Waals surface area contributed by atoms with E-state index in [1.807, 2.05) is 17.4 Å². The van der Waals surface area contributed by atoms with Crippen LogP contribution in [-0.4, -0.2) is 35.8 Å². The van der Waals surface area contributed by atoms with Crippen molar-refractivity contribution in [3.8, 4) is 0 Å². The van der Waals surface area contributed by atoms with E-state index in [4.69, 9.17) is 12.2 Å². The van der Waals surface area contributed by atoms with Gasteiger partial charge in [0.15, 0.2) is 0 Å². The summed E-state index contributed by atoms with van der Waals surface area (Å²) in [5.41, 5.74) is 0. The average Bonchev–Trinajstić information content (AvgIpc) is 3.33. The number of thiocarbonyl (C=S) groups is 1. The van der Waals surface area contributed by atoms with Crippen LogP contribution in [0.3, 0.4) is 0 Å². The molecule has 1 amide bonds. The first-order valence-electron chi connectivity index (χ1n) is 10.5. The van der Waals surface area contributed by atoms with E-state index in [2.05, 4.69) is 31.0 Å². The molecule has 1 aliphatic rings. The minimum Gasteiger partial charge on any atom is -0.366 e. The molecule has 7 heteroatoms. The first kappa shape index (κ1) is 22.8. The van der Waals surface area contributed by atoms with Gasteiger partial charge in [0.25, 0.3) is 5.91 Å². The van der Waals surface area contributed by atoms with Crippen LogP contribution in [0.2, 0.25) is 0 Å². The van der Waals surface area contributed by atoms with E-state index in [1.54, 1.807) is 23.3 Å². The summed E-state index contributed by atoms with van der Waals surface area (Å²) in [6.45, 7) is 3.39. The number of unbranched alkanes of at least 4 members (excludes halogenated alkanes) is 7. The molecule has 0 bridgehead atoms. The number of anilines is 1. The number of amides is 1. The fourth-order valence-electron chi connectivity index (χ4n) is 3.37. The minimum atomic E-state index is 0.00235. The summed E-state index contributed by atoms with van der Waals surface area (Å²) in [4.78, 5) is 17.9. The number of carbonyl (C=O) groups excluding carboxylic acids is 1. The lowest BCUT2D eigenvalue weighted by Gasteiger charge is -2.16. The van der Waals surface area contributed by atoms with E-state index in [0.29, 0.717) is 4.32 Å². The Morgan fingerprint density at radius 3 is 2.31 bits per heavy atom. The lowest BCUT2D eigenvalue weighted by molar-refractivity contribution is -0.121. The normalized spacial score (nSPS) is 16.0. The molecule has 0 aromatic carbocycles. The second kappa shape index (κ2) is 10.9. The zero-order chi connectivity index (χ0) is 20.8. The molecule has 0 atom stereocenters. The third-order valence-corrected chi connectivity index (χ3v) is 9.04. The molecule has 3 nitrogen and oxygen atoms in total. The number of hydrogen-bond donors (Lipinski definition) is 0. The molecule has 1 saturated heterocycles. The summed E-state index contributed by atoms with van der Waals surface area (Å²) in [7, 11) is 3.93. The lowest BCUT2D eigenvalue weighted by atomic mass is 10.1. The van der Waals surface area contributed by atoms with Crippen LogP contribution < -0.4 is 4.90 Å². The van der Waals surface area contributed by atoms with Gasteiger partial charge in [-0.25, -0.2) is 0 Å². The fraction of sp³-hybridized carbons (Fsp3) is 0.545. The largest absolute Gasteiger partial charge is 0.366 e. The van der Waals surface area contributed by atoms with Gasteiger partial charge < -0.3 is 4.90 Å². The average molecular weight is 467 g/mol. The predicted octanol–water partition coefficient (Wildman–Crippen LogP) is 7.37. The van der Waals surface area contributed by atoms with E-state index in [1.165, 1.54) is 77.5 Å². The number of likely N-dealkylation sites (N-methyl/N-ethyl adjacent to an activating group) is 1. The van der Waals surface area contributed by atoms with E-state index >= 15 is 0 Å². The number of fused-ring (bicyclic) bond motifs is 1. The monoisotopic (exact) mass is 466 g/mol. The van der Waals surface area contributed by atoms with Gasteiger partial charge in [0.05, 0.1) is 9.91 Å². The molecule has 1 fully saturated rings. The van der Waals surface area contributed by atoms with Crippen molar-refractivity contribution in [1.82, 2.24) is 4.90 Å². The molecule has 0 radical (unpaired) electrons. The Bertz CT molecular complexity index is 851. The third-order valence-electron chi connectivity index (χ3n) is 5.20. The predicted molar refractivity (Wildman–Crippen MR) is 137 cm³/mol. The zero-order valence-electron chi connectivity index (χ0n) is 17.5. The second-order valence-electron chi connectivity index (χ2n) is 7.60. The van der Waals surface area contributed by atoms with Gasteiger partial charge >= 0.3 is 0 Å². The molecular formula is C22H30N2OS4. The molecule has 0 spiro atoms. The molecular weight excluding hydrogens is 437 g/mol. The van der Waals surface area contributed by atoms with Crippen LogP contribution in [0.4, 0.5) is 5.00 Å². The topological polar surface area (TPSA) is 23.6 Å². The second-order valence-corrected chi connectivity index (χ2v) is 11.5. The van der Waals surface area contributed by atoms with Gasteiger partial charge in [-0.15, -0.1) is 22.7 Å². The first-order valence-corrected chi connectivity index (χ1v) is 13.3. The van der Waals surface area contributed by atoms with Crippen molar-refractivity contribution >= 4 is 77.4 Å². The summed E-state index contributed by atoms with van der Waals surface area (Å²) in [5.74, 6) is 0.00235. The first-order chi connectivity index (χ1) is 14.0. The van der Waals surface area contributed by atoms with Crippen molar-refractivity contribution in [3.05, 3.63) is 21.9 Å². The van der Waals surface area contributed by atoms with Crippen molar-refractivity contribution in [3.63, 3.8) is 0 Å². The van der Waals surface area contributed by atoms with Crippen molar-refractivity contribution < 1.29 is 4.79 Å². The van der Waals surface area contributed by atoms with E-state index < -0.39 is 0 Å². The van der Waals surface area contributed by atoms with Crippen LogP contribution in [0.1, 0.15) is 63.2 Å². The van der Waals surface area contributed by atoms with Crippen LogP contribution in [0, 0.1) is 0 Å². The molecule has 0 aliphatic carbocycles. The van der Waals surface area contributed by atoms with Crippen LogP contribution in [0.5, 0.6) is 0 Å². The quantitative estimate of drug-likeness (QED) is 0.196. The number of rotatable bonds is 11. The van der Waals surface area contributed by atoms with Gasteiger partial charge in [0.2, 0.25) is 0 Å². The third kappa shape index (κ3) is 6.06. The van der Waals surface area contributed by atoms with Gasteiger partial charge in [0.1, 0.15) is 4.32 Å². The maximum atomic E-state index is 12.2. The van der Waals surface area contributed by atoms with Crippen molar-refractivity contribution in [1.29, 1.82) is 0 Å². The van der Waals surface area contributed by atoms with Gasteiger partial charge in [-0.05, 0) is 24.6 Å². The number of hydrogen-bond acceptors (Lipinski definition) is 6. The fourth-order valence-corrected chi connectivity index (χ4v) is 6.95. The molecule has 29 heavy (non-hydrogen) atoms. The molecule has 0 unspecified atom stereocenters. The minimum absolute atomic E-state index is 0.00235. The lowest BCUT2D eigenvalue weighted by Crippen LogP contribution is -2.22. The van der Waals surface area contributed by atoms with E-state index in [9.17, 15) is 4.79 Å². The van der Waals surface area contributed by atoms with Gasteiger partial charge in [-0.1, -0.05) is 75.8 Å². The van der Waals surface area contributed by atoms with Crippen LogP contribution in [0.15, 0.2) is 17.0 Å². The highest BCUT2D eigenvalue weighted by Crippen LogP contribution is 2.40. The smallest absolute Gasteiger partial charge is 0.265 e. The summed E-state index contributed by atoms with van der Waals surface area (Å²) in [6.07, 6.45) is 12.8. The SMILES string of the molecule is CCCCCCCCCCN(C)c1cc2sc(/C=C3\SC(=S)N(C)C3=O)cc2s1. The standard InChI is InChI=1S/C22H30N2OS4/c1-4-5-6-7-8-9-10-11-12-23(2)20-15-18-17(28-20)13-16(27-18)14-19-21(25)24(3)22(26)29-19/h13-15H,4-12H2,1-3H3/b19-14-. The maximum absolute atomic E-state index is 12.2. The Labute approximate surface area is 192 Å². The molecule has 3 heterocycles. The van der Waals surface area contributed by atoms with Crippen molar-refractivity contribution in [2.24, 2.45) is 0 Å². The maximum Gasteiger partial charge on any atom is 0.265 e. The van der Waals surface area contributed by atoms with Crippen LogP contribution in [-0.2, 0) is 4.79 Å². The number of carbonyl (C=O) groups is 1. The van der Waals surface area contributed by atoms with Crippen molar-refractivity contribution in [2.75, 3.05) is 25.5 Å². The molecule has 2 aromatic heterocycles. The van der Waals surface area contributed by atoms with Gasteiger partial charge in [0, 0.05) is 34.9 Å². The Morgan fingerprint density at radius 2 is 1.69 bits per heavy atom. The summed E-state index contributed by atoms with van der Waals surface area (Å²) >= 11 is 10.2. The highest BCUT2D eigenvalue weighted by Gasteiger charge is 2.28. The Kier molecular flexibility index (Phi) is 8.59. The van der Waals surface area contributed by atoms with Crippen molar-refractivity contribution in [2.45, 2.75) is 58.3 Å². The Morgan fingerprint density at radius 1 is 1.03 bits per heavy atom. The number of thiophene rings is 2. The van der Waals surface area contributed by atoms with Gasteiger partial charge in [-0.3, -0.25) is 9.69 Å². The van der Waals surface area contributed by atoms with E-state index in [0.717, 1.165) is 16.3 Å². The molecule has 1 aliphatic heterocycles. The Hall–Kier alpha value is -0.890. The number of nitrogens with zero attached hydrogens (tertiary/aromatic N) is 2. The zero-order valence-corrected chi connectivity index (χ0v) is 20.8. The molecule has 0 N–H and O–H groups in total. The van der Waals surface area contributed by atoms with Crippen LogP contribution in [0.25, 0.3) is 15.5 Å². The summed E-state index contributed by atoms with van der Waals surface area (Å²) in [5, 5.41) is 1.33. The van der Waals surface area contributed by atoms with E-state index in [-0.39, 0.29) is 5.91 Å². The summed E-state index contributed by atoms with van der Waals surface area (Å²) < 4.78 is 3.22. The molecule has 158 valence electrons. The highest BCUT2D eigenvalue weighted by molar-refractivity contribution is 8.26. The molecule has 0 saturated carbocycles. The molecule has 2 aromatic rings. The van der Waals surface area contributed by atoms with Gasteiger partial charge in [-0.2, -0.15) is 0 Å². The Balaban J connectivity index is 1.49. The molecule has 3 rings (SSSR count). The highest BCUT2D eigenvalue weighted by atomic mass is 32.2. The number of thioether (sulfide) groups is 1. The summed E-state index contributed by atoms with van der Waals surface area (Å²) in [6, 6.07) is 4.48. The van der Waals surface area contributed by atoms with Crippen LogP contribution >= 0.6 is 46.7 Å².